The van der Waals surface area contributed by atoms with Crippen molar-refractivity contribution in [3.8, 4) is 16.9 Å². The van der Waals surface area contributed by atoms with E-state index in [1.807, 2.05) is 6.07 Å². The number of hydrogen-bond acceptors (Lipinski definition) is 2. The molecule has 0 saturated heterocycles. The molecule has 31 heavy (non-hydrogen) atoms. The van der Waals surface area contributed by atoms with Crippen LogP contribution in [-0.2, 0) is 6.18 Å². The normalized spacial score (nSPS) is 11.4. The lowest BCUT2D eigenvalue weighted by molar-refractivity contribution is -0.137. The number of para-hydroxylation sites is 1. The smallest absolute Gasteiger partial charge is 0.322 e. The van der Waals surface area contributed by atoms with Gasteiger partial charge in [-0.3, -0.25) is 4.79 Å². The van der Waals surface area contributed by atoms with Gasteiger partial charge in [0.1, 0.15) is 11.5 Å². The molecule has 0 aliphatic carbocycles. The van der Waals surface area contributed by atoms with Gasteiger partial charge >= 0.3 is 6.18 Å². The van der Waals surface area contributed by atoms with Crippen LogP contribution in [0.2, 0.25) is 0 Å². The number of alkyl halides is 3. The van der Waals surface area contributed by atoms with Crippen molar-refractivity contribution >= 4 is 11.6 Å². The largest absolute Gasteiger partial charge is 0.416 e. The molecule has 4 nitrogen and oxygen atoms in total. The van der Waals surface area contributed by atoms with Gasteiger partial charge in [-0.25, -0.2) is 9.07 Å². The van der Waals surface area contributed by atoms with Crippen molar-refractivity contribution in [2.45, 2.75) is 6.18 Å². The van der Waals surface area contributed by atoms with E-state index in [9.17, 15) is 22.4 Å². The number of aromatic nitrogens is 2. The molecule has 0 aliphatic rings. The van der Waals surface area contributed by atoms with Crippen molar-refractivity contribution in [2.24, 2.45) is 0 Å². The highest BCUT2D eigenvalue weighted by Gasteiger charge is 2.30. The summed E-state index contributed by atoms with van der Waals surface area (Å²) in [6, 6.07) is 18.8. The highest BCUT2D eigenvalue weighted by molar-refractivity contribution is 6.08. The summed E-state index contributed by atoms with van der Waals surface area (Å²) in [4.78, 5) is 13.0. The number of benzene rings is 3. The van der Waals surface area contributed by atoms with E-state index in [1.54, 1.807) is 24.3 Å². The molecule has 1 N–H and O–H groups in total. The molecule has 0 saturated carbocycles. The topological polar surface area (TPSA) is 46.9 Å². The van der Waals surface area contributed by atoms with E-state index in [1.165, 1.54) is 47.3 Å². The Kier molecular flexibility index (Phi) is 5.29. The van der Waals surface area contributed by atoms with Gasteiger partial charge < -0.3 is 5.32 Å². The molecule has 8 heteroatoms. The average molecular weight is 425 g/mol. The first-order chi connectivity index (χ1) is 14.8. The summed E-state index contributed by atoms with van der Waals surface area (Å²) in [5.41, 5.74) is 0.705. The van der Waals surface area contributed by atoms with Crippen molar-refractivity contribution in [1.82, 2.24) is 9.78 Å². The van der Waals surface area contributed by atoms with Crippen molar-refractivity contribution in [1.29, 1.82) is 0 Å². The van der Waals surface area contributed by atoms with E-state index in [2.05, 4.69) is 10.4 Å². The molecule has 1 aromatic heterocycles. The Balaban J connectivity index is 1.73. The first kappa shape index (κ1) is 20.3. The van der Waals surface area contributed by atoms with Crippen molar-refractivity contribution < 1.29 is 22.4 Å². The zero-order valence-electron chi connectivity index (χ0n) is 15.9. The van der Waals surface area contributed by atoms with Crippen LogP contribution in [0.15, 0.2) is 85.1 Å². The molecule has 0 spiro atoms. The zero-order chi connectivity index (χ0) is 22.0. The third kappa shape index (κ3) is 4.48. The van der Waals surface area contributed by atoms with Crippen LogP contribution in [0.3, 0.4) is 0 Å². The van der Waals surface area contributed by atoms with Gasteiger partial charge in [-0.15, -0.1) is 0 Å². The standard InChI is InChI=1S/C23H15F4N3O/c24-17-11-9-15(10-12-17)21-20(14-30(29-21)19-7-2-1-3-8-19)22(31)28-18-6-4-5-16(13-18)23(25,26)27/h1-14H,(H,28,31). The van der Waals surface area contributed by atoms with Crippen LogP contribution in [0.25, 0.3) is 16.9 Å². The number of carbonyl (C=O) groups is 1. The molecule has 0 bridgehead atoms. The summed E-state index contributed by atoms with van der Waals surface area (Å²) >= 11 is 0. The summed E-state index contributed by atoms with van der Waals surface area (Å²) in [6.45, 7) is 0. The minimum absolute atomic E-state index is 0.00246. The minimum atomic E-state index is -4.53. The van der Waals surface area contributed by atoms with Crippen LogP contribution in [0.4, 0.5) is 23.2 Å². The number of halogens is 4. The van der Waals surface area contributed by atoms with Crippen molar-refractivity contribution in [3.63, 3.8) is 0 Å². The first-order valence-corrected chi connectivity index (χ1v) is 9.21. The molecule has 156 valence electrons. The lowest BCUT2D eigenvalue weighted by Crippen LogP contribution is -2.13. The maximum atomic E-state index is 13.4. The molecule has 4 rings (SSSR count). The number of anilines is 1. The van der Waals surface area contributed by atoms with E-state index in [0.29, 0.717) is 11.3 Å². The number of nitrogens with zero attached hydrogens (tertiary/aromatic N) is 2. The Morgan fingerprint density at radius 2 is 1.61 bits per heavy atom. The second-order valence-corrected chi connectivity index (χ2v) is 6.71. The van der Waals surface area contributed by atoms with E-state index in [-0.39, 0.29) is 16.9 Å². The summed E-state index contributed by atoms with van der Waals surface area (Å²) in [6.07, 6.45) is -3.05. The van der Waals surface area contributed by atoms with Crippen molar-refractivity contribution in [3.05, 3.63) is 102 Å². The number of amides is 1. The van der Waals surface area contributed by atoms with E-state index >= 15 is 0 Å². The molecule has 1 amide bonds. The number of hydrogen-bond donors (Lipinski definition) is 1. The molecule has 0 atom stereocenters. The Bertz CT molecular complexity index is 1220. The number of carbonyl (C=O) groups excluding carboxylic acids is 1. The van der Waals surface area contributed by atoms with E-state index < -0.39 is 23.5 Å². The summed E-state index contributed by atoms with van der Waals surface area (Å²) < 4.78 is 53.8. The fourth-order valence-electron chi connectivity index (χ4n) is 3.05. The van der Waals surface area contributed by atoms with Gasteiger partial charge in [0.05, 0.1) is 16.8 Å². The lowest BCUT2D eigenvalue weighted by Gasteiger charge is -2.10. The third-order valence-electron chi connectivity index (χ3n) is 4.55. The van der Waals surface area contributed by atoms with Gasteiger partial charge in [0.25, 0.3) is 5.91 Å². The van der Waals surface area contributed by atoms with Gasteiger partial charge in [-0.05, 0) is 54.6 Å². The number of rotatable bonds is 4. The lowest BCUT2D eigenvalue weighted by atomic mass is 10.1. The summed E-state index contributed by atoms with van der Waals surface area (Å²) in [5, 5.41) is 6.94. The monoisotopic (exact) mass is 425 g/mol. The highest BCUT2D eigenvalue weighted by atomic mass is 19.4. The van der Waals surface area contributed by atoms with Crippen LogP contribution in [0, 0.1) is 5.82 Å². The van der Waals surface area contributed by atoms with Crippen LogP contribution in [0.5, 0.6) is 0 Å². The molecule has 0 aliphatic heterocycles. The Labute approximate surface area is 174 Å². The fourth-order valence-corrected chi connectivity index (χ4v) is 3.05. The summed E-state index contributed by atoms with van der Waals surface area (Å²) in [7, 11) is 0. The van der Waals surface area contributed by atoms with Gasteiger partial charge in [0, 0.05) is 17.4 Å². The Morgan fingerprint density at radius 3 is 2.29 bits per heavy atom. The molecule has 4 aromatic rings. The van der Waals surface area contributed by atoms with Gasteiger partial charge in [0.15, 0.2) is 0 Å². The van der Waals surface area contributed by atoms with E-state index in [4.69, 9.17) is 0 Å². The Morgan fingerprint density at radius 1 is 0.903 bits per heavy atom. The maximum Gasteiger partial charge on any atom is 0.416 e. The quantitative estimate of drug-likeness (QED) is 0.411. The molecule has 1 heterocycles. The number of nitrogens with one attached hydrogen (secondary N) is 1. The highest BCUT2D eigenvalue weighted by Crippen LogP contribution is 2.31. The zero-order valence-corrected chi connectivity index (χ0v) is 15.9. The molecule has 0 radical (unpaired) electrons. The SMILES string of the molecule is O=C(Nc1cccc(C(F)(F)F)c1)c1cn(-c2ccccc2)nc1-c1ccc(F)cc1. The molecule has 0 unspecified atom stereocenters. The predicted molar refractivity (Wildman–Crippen MR) is 108 cm³/mol. The average Bonchev–Trinajstić information content (AvgIpc) is 3.20. The second-order valence-electron chi connectivity index (χ2n) is 6.71. The molecular weight excluding hydrogens is 410 g/mol. The summed E-state index contributed by atoms with van der Waals surface area (Å²) in [5.74, 6) is -1.08. The fraction of sp³-hybridized carbons (Fsp3) is 0.0435. The van der Waals surface area contributed by atoms with E-state index in [0.717, 1.165) is 12.1 Å². The minimum Gasteiger partial charge on any atom is -0.322 e. The predicted octanol–water partition coefficient (Wildman–Crippen LogP) is 5.95. The van der Waals surface area contributed by atoms with Crippen LogP contribution >= 0.6 is 0 Å². The van der Waals surface area contributed by atoms with Crippen LogP contribution < -0.4 is 5.32 Å². The molecular formula is C23H15F4N3O. The molecule has 3 aromatic carbocycles. The Hall–Kier alpha value is -3.94. The second kappa shape index (κ2) is 8.06. The first-order valence-electron chi connectivity index (χ1n) is 9.21. The van der Waals surface area contributed by atoms with Crippen LogP contribution in [0.1, 0.15) is 15.9 Å². The maximum absolute atomic E-state index is 13.4. The molecule has 0 fully saturated rings. The van der Waals surface area contributed by atoms with Crippen LogP contribution in [-0.4, -0.2) is 15.7 Å². The third-order valence-corrected chi connectivity index (χ3v) is 4.55. The van der Waals surface area contributed by atoms with Crippen molar-refractivity contribution in [2.75, 3.05) is 5.32 Å². The van der Waals surface area contributed by atoms with Gasteiger partial charge in [0.2, 0.25) is 0 Å². The van der Waals surface area contributed by atoms with Gasteiger partial charge in [-0.2, -0.15) is 18.3 Å². The van der Waals surface area contributed by atoms with Gasteiger partial charge in [-0.1, -0.05) is 24.3 Å².